The Morgan fingerprint density at radius 2 is 1.19 bits per heavy atom. The van der Waals surface area contributed by atoms with Gasteiger partial charge < -0.3 is 9.47 Å². The van der Waals surface area contributed by atoms with Gasteiger partial charge in [-0.05, 0) is 112 Å². The molecule has 54 heavy (non-hydrogen) atoms. The summed E-state index contributed by atoms with van der Waals surface area (Å²) in [6.07, 6.45) is 14.8. The number of anilines is 2. The molecule has 0 saturated heterocycles. The molecular formula is C52H40N2. The Morgan fingerprint density at radius 3 is 1.91 bits per heavy atom. The first-order valence-electron chi connectivity index (χ1n) is 19.1. The molecule has 2 heteroatoms. The van der Waals surface area contributed by atoms with Crippen molar-refractivity contribution in [2.75, 3.05) is 4.90 Å². The summed E-state index contributed by atoms with van der Waals surface area (Å²) in [6, 6.07) is 62.0. The van der Waals surface area contributed by atoms with Crippen LogP contribution in [0.1, 0.15) is 35.6 Å². The summed E-state index contributed by atoms with van der Waals surface area (Å²) in [5.41, 5.74) is 14.9. The first kappa shape index (κ1) is 32.0. The van der Waals surface area contributed by atoms with Gasteiger partial charge in [-0.15, -0.1) is 0 Å². The molecule has 2 aliphatic rings. The Bertz CT molecular complexity index is 2710. The summed E-state index contributed by atoms with van der Waals surface area (Å²) < 4.78 is 2.49. The van der Waals surface area contributed by atoms with Crippen molar-refractivity contribution in [1.82, 2.24) is 4.57 Å². The molecule has 0 spiro atoms. The van der Waals surface area contributed by atoms with E-state index in [1.54, 1.807) is 0 Å². The number of allylic oxidation sites excluding steroid dienone is 4. The molecule has 258 valence electrons. The van der Waals surface area contributed by atoms with E-state index >= 15 is 0 Å². The first-order valence-corrected chi connectivity index (χ1v) is 19.1. The van der Waals surface area contributed by atoms with Crippen LogP contribution in [0.25, 0.3) is 55.7 Å². The lowest BCUT2D eigenvalue weighted by molar-refractivity contribution is 0.840. The minimum atomic E-state index is 0.381. The van der Waals surface area contributed by atoms with Gasteiger partial charge in [0.05, 0.1) is 5.52 Å². The van der Waals surface area contributed by atoms with Gasteiger partial charge in [0.2, 0.25) is 0 Å². The lowest BCUT2D eigenvalue weighted by Gasteiger charge is -2.29. The number of hydrogen-bond donors (Lipinski definition) is 0. The molecule has 2 aliphatic carbocycles. The fraction of sp³-hybridized carbons (Fsp3) is 0.0769. The van der Waals surface area contributed by atoms with Crippen molar-refractivity contribution in [3.8, 4) is 27.9 Å². The minimum absolute atomic E-state index is 0.381. The van der Waals surface area contributed by atoms with Crippen LogP contribution in [0.15, 0.2) is 200 Å². The molecule has 0 amide bonds. The second kappa shape index (κ2) is 13.7. The van der Waals surface area contributed by atoms with Crippen LogP contribution in [-0.2, 0) is 6.42 Å². The Hall–Kier alpha value is -6.64. The van der Waals surface area contributed by atoms with Crippen LogP contribution in [0.2, 0.25) is 0 Å². The first-order chi connectivity index (χ1) is 26.8. The van der Waals surface area contributed by atoms with Crippen LogP contribution >= 0.6 is 0 Å². The monoisotopic (exact) mass is 692 g/mol. The average Bonchev–Trinajstić information content (AvgIpc) is 3.59. The summed E-state index contributed by atoms with van der Waals surface area (Å²) >= 11 is 0. The highest BCUT2D eigenvalue weighted by molar-refractivity contribution is 5.97. The van der Waals surface area contributed by atoms with Gasteiger partial charge >= 0.3 is 0 Å². The topological polar surface area (TPSA) is 8.17 Å². The molecule has 0 radical (unpaired) electrons. The van der Waals surface area contributed by atoms with Gasteiger partial charge in [-0.2, -0.15) is 0 Å². The van der Waals surface area contributed by atoms with Crippen molar-refractivity contribution < 1.29 is 0 Å². The lowest BCUT2D eigenvalue weighted by atomic mass is 9.91. The van der Waals surface area contributed by atoms with E-state index in [1.807, 2.05) is 0 Å². The average molecular weight is 693 g/mol. The molecule has 1 atom stereocenters. The van der Waals surface area contributed by atoms with Gasteiger partial charge in [-0.25, -0.2) is 0 Å². The third-order valence-corrected chi connectivity index (χ3v) is 11.2. The predicted molar refractivity (Wildman–Crippen MR) is 229 cm³/mol. The van der Waals surface area contributed by atoms with Gasteiger partial charge in [-0.3, -0.25) is 0 Å². The number of fused-ring (bicyclic) bond motifs is 4. The molecule has 0 N–H and O–H groups in total. The van der Waals surface area contributed by atoms with Gasteiger partial charge in [0, 0.05) is 45.3 Å². The van der Waals surface area contributed by atoms with Crippen molar-refractivity contribution in [2.45, 2.75) is 25.2 Å². The second-order valence-electron chi connectivity index (χ2n) is 14.4. The summed E-state index contributed by atoms with van der Waals surface area (Å²) in [6.45, 7) is 0. The van der Waals surface area contributed by atoms with Crippen LogP contribution in [0.3, 0.4) is 0 Å². The van der Waals surface area contributed by atoms with E-state index in [4.69, 9.17) is 0 Å². The predicted octanol–water partition coefficient (Wildman–Crippen LogP) is 13.8. The summed E-state index contributed by atoms with van der Waals surface area (Å²) in [5, 5.41) is 3.85. The van der Waals surface area contributed by atoms with Crippen molar-refractivity contribution in [1.29, 1.82) is 0 Å². The zero-order chi connectivity index (χ0) is 35.8. The summed E-state index contributed by atoms with van der Waals surface area (Å²) in [4.78, 5) is 2.39. The van der Waals surface area contributed by atoms with Crippen LogP contribution < -0.4 is 4.90 Å². The fourth-order valence-electron chi connectivity index (χ4n) is 8.42. The SMILES string of the molecule is C1=Cc2c(n(-c3ccc4ccccc4c3)c3ccc(-c4ccc(N(C5=CCC(c6ccccc6)C=C5)c5ccc(-c6ccccc6)cc5)cc4)cc23)CC1. The van der Waals surface area contributed by atoms with Gasteiger partial charge in [0.25, 0.3) is 0 Å². The van der Waals surface area contributed by atoms with Crippen molar-refractivity contribution >= 4 is 39.1 Å². The van der Waals surface area contributed by atoms with Crippen molar-refractivity contribution in [3.63, 3.8) is 0 Å². The number of nitrogens with zero attached hydrogens (tertiary/aromatic N) is 2. The summed E-state index contributed by atoms with van der Waals surface area (Å²) in [7, 11) is 0. The lowest BCUT2D eigenvalue weighted by Crippen LogP contribution is -2.17. The maximum Gasteiger partial charge on any atom is 0.0538 e. The molecule has 1 heterocycles. The zero-order valence-electron chi connectivity index (χ0n) is 30.1. The van der Waals surface area contributed by atoms with E-state index in [-0.39, 0.29) is 0 Å². The Balaban J connectivity index is 1.01. The molecule has 8 aromatic rings. The van der Waals surface area contributed by atoms with E-state index in [2.05, 4.69) is 210 Å². The molecule has 1 unspecified atom stereocenters. The number of rotatable bonds is 7. The van der Waals surface area contributed by atoms with E-state index in [1.165, 1.54) is 72.1 Å². The normalized spacial score (nSPS) is 15.0. The standard InChI is InChI=1S/C52H40N2/c1-3-11-37(12-4-1)40-19-27-45(28-20-40)53(46-29-21-41(22-30-46)38-13-5-2-6-14-38)47-31-23-42(24-32-47)44-26-34-52-50(36-44)49-17-9-10-18-51(49)54(52)48-33-25-39-15-7-8-16-43(39)35-48/h1-9,11-17,19-21,23-36,41H,10,18,22H2. The quantitative estimate of drug-likeness (QED) is 0.161. The van der Waals surface area contributed by atoms with Crippen LogP contribution in [0.4, 0.5) is 11.4 Å². The third-order valence-electron chi connectivity index (χ3n) is 11.2. The number of hydrogen-bond acceptors (Lipinski definition) is 1. The summed E-state index contributed by atoms with van der Waals surface area (Å²) in [5.74, 6) is 0.381. The van der Waals surface area contributed by atoms with Crippen molar-refractivity contribution in [3.05, 3.63) is 217 Å². The molecule has 0 aliphatic heterocycles. The zero-order valence-corrected chi connectivity index (χ0v) is 30.1. The van der Waals surface area contributed by atoms with Crippen LogP contribution in [0.5, 0.6) is 0 Å². The molecule has 0 saturated carbocycles. The van der Waals surface area contributed by atoms with Gasteiger partial charge in [-0.1, -0.05) is 146 Å². The number of aromatic nitrogens is 1. The molecule has 0 fully saturated rings. The van der Waals surface area contributed by atoms with Gasteiger partial charge in [0.15, 0.2) is 0 Å². The highest BCUT2D eigenvalue weighted by Crippen LogP contribution is 2.40. The van der Waals surface area contributed by atoms with Crippen LogP contribution in [0, 0.1) is 0 Å². The maximum absolute atomic E-state index is 2.49. The van der Waals surface area contributed by atoms with E-state index in [9.17, 15) is 0 Å². The highest BCUT2D eigenvalue weighted by Gasteiger charge is 2.21. The van der Waals surface area contributed by atoms with E-state index in [0.29, 0.717) is 5.92 Å². The second-order valence-corrected chi connectivity index (χ2v) is 14.4. The number of benzene rings is 7. The smallest absolute Gasteiger partial charge is 0.0538 e. The van der Waals surface area contributed by atoms with E-state index < -0.39 is 0 Å². The molecule has 0 bridgehead atoms. The maximum atomic E-state index is 2.49. The molecule has 1 aromatic heterocycles. The van der Waals surface area contributed by atoms with Crippen LogP contribution in [-0.4, -0.2) is 4.57 Å². The third kappa shape index (κ3) is 5.87. The Kier molecular flexibility index (Phi) is 8.15. The Labute approximate surface area is 317 Å². The molecule has 7 aromatic carbocycles. The van der Waals surface area contributed by atoms with Gasteiger partial charge in [0.1, 0.15) is 0 Å². The fourth-order valence-corrected chi connectivity index (χ4v) is 8.42. The highest BCUT2D eigenvalue weighted by atomic mass is 15.1. The molecule has 10 rings (SSSR count). The Morgan fingerprint density at radius 1 is 0.537 bits per heavy atom. The largest absolute Gasteiger partial charge is 0.313 e. The van der Waals surface area contributed by atoms with Crippen molar-refractivity contribution in [2.24, 2.45) is 0 Å². The molecular weight excluding hydrogens is 653 g/mol. The molecule has 2 nitrogen and oxygen atoms in total. The van der Waals surface area contributed by atoms with E-state index in [0.717, 1.165) is 30.6 Å². The minimum Gasteiger partial charge on any atom is -0.313 e.